The number of amides is 2. The average molecular weight is 857 g/mol. The third-order valence-electron chi connectivity index (χ3n) is 9.55. The maximum atomic E-state index is 13.7. The number of esters is 3. The molecule has 0 saturated carbocycles. The first kappa shape index (κ1) is 49.3. The lowest BCUT2D eigenvalue weighted by atomic mass is 9.90. The first-order chi connectivity index (χ1) is 26.2. The van der Waals surface area contributed by atoms with Crippen molar-refractivity contribution in [3.8, 4) is 11.5 Å². The number of aliphatic hydroxyl groups excluding tert-OH is 1. The summed E-state index contributed by atoms with van der Waals surface area (Å²) in [4.78, 5) is 66.6. The fourth-order valence-electron chi connectivity index (χ4n) is 5.55. The molecule has 1 heterocycles. The predicted octanol–water partition coefficient (Wildman–Crippen LogP) is 5.64. The first-order valence-electron chi connectivity index (χ1n) is 18.5. The molecule has 0 radical (unpaired) electrons. The molecule has 16 heteroatoms. The minimum absolute atomic E-state index is 0. The van der Waals surface area contributed by atoms with Gasteiger partial charge in [0.05, 0.1) is 34.4 Å². The highest BCUT2D eigenvalue weighted by molar-refractivity contribution is 6.32. The molecule has 316 valence electrons. The third kappa shape index (κ3) is 14.2. The van der Waals surface area contributed by atoms with Crippen LogP contribution >= 0.6 is 35.6 Å². The van der Waals surface area contributed by atoms with Crippen LogP contribution in [0.2, 0.25) is 5.02 Å². The second kappa shape index (κ2) is 21.8. The molecular formula is C41H56Cl3N3O10. The fourth-order valence-corrected chi connectivity index (χ4v) is 6.21. The molecular weight excluding hydrogens is 801 g/mol. The Bertz CT molecular complexity index is 1730. The smallest absolute Gasteiger partial charge is 0.347 e. The SMILES string of the molecule is COc1ccc(C[C@H]2NC(=O)/C=C/C[C@@H]([C@H](C)[C@@H](O)[C@@H](Cl)c3ccc(OC(=O)C(C)(C)CN)cc3)OC(=O)[C@H](CC(C)C)OC(=O)C(C)(C)CNC2=O)cc1Cl.Cl. The summed E-state index contributed by atoms with van der Waals surface area (Å²) in [6.07, 6.45) is -0.812. The van der Waals surface area contributed by atoms with Gasteiger partial charge in [-0.15, -0.1) is 24.0 Å². The molecule has 1 aliphatic heterocycles. The molecule has 3 rings (SSSR count). The van der Waals surface area contributed by atoms with Crippen molar-refractivity contribution in [3.05, 3.63) is 70.8 Å². The van der Waals surface area contributed by atoms with Crippen molar-refractivity contribution in [3.63, 3.8) is 0 Å². The number of carbonyl (C=O) groups is 5. The van der Waals surface area contributed by atoms with E-state index in [9.17, 15) is 29.1 Å². The van der Waals surface area contributed by atoms with Gasteiger partial charge in [-0.05, 0) is 81.5 Å². The minimum Gasteiger partial charge on any atom is -0.495 e. The average Bonchev–Trinajstić information content (AvgIpc) is 3.14. The highest BCUT2D eigenvalue weighted by atomic mass is 35.5. The van der Waals surface area contributed by atoms with Crippen molar-refractivity contribution in [2.24, 2.45) is 28.4 Å². The summed E-state index contributed by atoms with van der Waals surface area (Å²) >= 11 is 13.1. The predicted molar refractivity (Wildman–Crippen MR) is 219 cm³/mol. The maximum absolute atomic E-state index is 13.7. The van der Waals surface area contributed by atoms with Gasteiger partial charge < -0.3 is 40.4 Å². The number of ether oxygens (including phenoxy) is 4. The van der Waals surface area contributed by atoms with E-state index in [0.717, 1.165) is 0 Å². The summed E-state index contributed by atoms with van der Waals surface area (Å²) in [5.41, 5.74) is 4.65. The van der Waals surface area contributed by atoms with Crippen molar-refractivity contribution < 1.29 is 48.0 Å². The second-order valence-corrected chi connectivity index (χ2v) is 16.6. The number of rotatable bonds is 12. The van der Waals surface area contributed by atoms with Crippen LogP contribution in [0.1, 0.15) is 77.8 Å². The van der Waals surface area contributed by atoms with E-state index in [2.05, 4.69) is 10.6 Å². The molecule has 0 bridgehead atoms. The number of alkyl halides is 1. The van der Waals surface area contributed by atoms with Gasteiger partial charge >= 0.3 is 17.9 Å². The van der Waals surface area contributed by atoms with Crippen molar-refractivity contribution in [1.29, 1.82) is 0 Å². The van der Waals surface area contributed by atoms with Gasteiger partial charge in [-0.25, -0.2) is 4.79 Å². The number of cyclic esters (lactones) is 2. The number of aliphatic hydroxyl groups is 1. The van der Waals surface area contributed by atoms with E-state index in [1.54, 1.807) is 77.1 Å². The molecule has 57 heavy (non-hydrogen) atoms. The maximum Gasteiger partial charge on any atom is 0.347 e. The number of nitrogens with two attached hydrogens (primary N) is 1. The first-order valence-corrected chi connectivity index (χ1v) is 19.3. The van der Waals surface area contributed by atoms with E-state index in [1.807, 2.05) is 13.8 Å². The number of methoxy groups -OCH3 is 1. The Labute approximate surface area is 351 Å². The van der Waals surface area contributed by atoms with Crippen LogP contribution in [0.3, 0.4) is 0 Å². The van der Waals surface area contributed by atoms with Crippen LogP contribution < -0.4 is 25.8 Å². The number of carbonyl (C=O) groups excluding carboxylic acids is 5. The number of hydrogen-bond donors (Lipinski definition) is 4. The number of nitrogens with one attached hydrogen (secondary N) is 2. The van der Waals surface area contributed by atoms with Crippen molar-refractivity contribution in [2.45, 2.75) is 97.5 Å². The Hall–Kier alpha value is -3.88. The topological polar surface area (TPSA) is 193 Å². The zero-order valence-electron chi connectivity index (χ0n) is 33.6. The molecule has 6 atom stereocenters. The van der Waals surface area contributed by atoms with Crippen molar-refractivity contribution in [2.75, 3.05) is 20.2 Å². The van der Waals surface area contributed by atoms with E-state index < -0.39 is 76.2 Å². The van der Waals surface area contributed by atoms with E-state index >= 15 is 0 Å². The number of benzene rings is 2. The Balaban J connectivity index is 0.0000112. The van der Waals surface area contributed by atoms with Crippen LogP contribution in [0.15, 0.2) is 54.6 Å². The number of hydrogen-bond acceptors (Lipinski definition) is 11. The van der Waals surface area contributed by atoms with E-state index in [1.165, 1.54) is 19.3 Å². The largest absolute Gasteiger partial charge is 0.495 e. The summed E-state index contributed by atoms with van der Waals surface area (Å²) in [6, 6.07) is 10.2. The van der Waals surface area contributed by atoms with Gasteiger partial charge in [-0.2, -0.15) is 0 Å². The minimum atomic E-state index is -1.30. The normalized spacial score (nSPS) is 21.7. The third-order valence-corrected chi connectivity index (χ3v) is 10.4. The monoisotopic (exact) mass is 855 g/mol. The summed E-state index contributed by atoms with van der Waals surface area (Å²) < 4.78 is 22.4. The van der Waals surface area contributed by atoms with Crippen molar-refractivity contribution in [1.82, 2.24) is 10.6 Å². The van der Waals surface area contributed by atoms with Gasteiger partial charge in [0, 0.05) is 31.8 Å². The van der Waals surface area contributed by atoms with Crippen molar-refractivity contribution >= 4 is 65.3 Å². The molecule has 0 aromatic heterocycles. The Morgan fingerprint density at radius 3 is 2.30 bits per heavy atom. The van der Waals surface area contributed by atoms with Crippen LogP contribution in [0.5, 0.6) is 11.5 Å². The molecule has 0 spiro atoms. The lowest BCUT2D eigenvalue weighted by molar-refractivity contribution is -0.180. The standard InChI is InChI=1S/C41H55Cl2N3O10.ClH/c1-23(2)18-32-37(50)55-30(24(3)35(48)34(43)26-13-15-27(16-14-26)54-38(51)40(4,5)21-44)10-9-11-33(47)46-29(20-25-12-17-31(53-8)28(42)19-25)36(49)45-22-41(6,7)39(52)56-32;/h9,11-17,19,23-24,29-30,32,34-35,48H,10,18,20-22,44H2,1-8H3,(H,45,49)(H,46,47);1H/b11-9+;/t24-,29+,30-,32-,34-,35+;/m0./s1. The van der Waals surface area contributed by atoms with E-state index in [-0.39, 0.29) is 56.4 Å². The molecule has 0 fully saturated rings. The van der Waals surface area contributed by atoms with Gasteiger partial charge in [-0.1, -0.05) is 56.6 Å². The Kier molecular flexibility index (Phi) is 18.8. The van der Waals surface area contributed by atoms with Gasteiger partial charge in [0.2, 0.25) is 11.8 Å². The van der Waals surface area contributed by atoms with Crippen LogP contribution in [0.25, 0.3) is 0 Å². The van der Waals surface area contributed by atoms with Gasteiger partial charge in [0.15, 0.2) is 6.10 Å². The molecule has 0 saturated heterocycles. The molecule has 0 aliphatic carbocycles. The quantitative estimate of drug-likeness (QED) is 0.117. The molecule has 5 N–H and O–H groups in total. The number of halogens is 3. The van der Waals surface area contributed by atoms with Crippen LogP contribution in [-0.2, 0) is 39.9 Å². The molecule has 2 aromatic rings. The zero-order chi connectivity index (χ0) is 42.0. The fraction of sp³-hybridized carbons (Fsp3) is 0.537. The summed E-state index contributed by atoms with van der Waals surface area (Å²) in [7, 11) is 1.48. The van der Waals surface area contributed by atoms with E-state index in [0.29, 0.717) is 21.9 Å². The lowest BCUT2D eigenvalue weighted by Crippen LogP contribution is -2.51. The van der Waals surface area contributed by atoms with Gasteiger partial charge in [0.25, 0.3) is 0 Å². The Morgan fingerprint density at radius 1 is 1.07 bits per heavy atom. The summed E-state index contributed by atoms with van der Waals surface area (Å²) in [6.45, 7) is 11.8. The Morgan fingerprint density at radius 2 is 1.72 bits per heavy atom. The molecule has 1 aliphatic rings. The van der Waals surface area contributed by atoms with E-state index in [4.69, 9.17) is 47.9 Å². The van der Waals surface area contributed by atoms with Crippen LogP contribution in [0.4, 0.5) is 0 Å². The molecule has 13 nitrogen and oxygen atoms in total. The van der Waals surface area contributed by atoms with Crippen LogP contribution in [-0.4, -0.2) is 79.4 Å². The summed E-state index contributed by atoms with van der Waals surface area (Å²) in [5, 5.41) is 16.3. The lowest BCUT2D eigenvalue weighted by Gasteiger charge is -2.32. The molecule has 2 amide bonds. The zero-order valence-corrected chi connectivity index (χ0v) is 36.0. The van der Waals surface area contributed by atoms with Crippen LogP contribution in [0, 0.1) is 22.7 Å². The van der Waals surface area contributed by atoms with Gasteiger partial charge in [0.1, 0.15) is 23.6 Å². The molecule has 2 aromatic carbocycles. The van der Waals surface area contributed by atoms with Gasteiger partial charge in [-0.3, -0.25) is 19.2 Å². The summed E-state index contributed by atoms with van der Waals surface area (Å²) in [5.74, 6) is -3.45. The second-order valence-electron chi connectivity index (χ2n) is 15.8. The highest BCUT2D eigenvalue weighted by Crippen LogP contribution is 2.34. The molecule has 0 unspecified atom stereocenters. The highest BCUT2D eigenvalue weighted by Gasteiger charge is 2.39.